The lowest BCUT2D eigenvalue weighted by molar-refractivity contribution is 0.0673. The van der Waals surface area contributed by atoms with Crippen molar-refractivity contribution in [2.24, 2.45) is 0 Å². The van der Waals surface area contributed by atoms with Crippen molar-refractivity contribution < 1.29 is 9.18 Å². The first-order valence-electron chi connectivity index (χ1n) is 9.40. The van der Waals surface area contributed by atoms with Crippen LogP contribution in [-0.4, -0.2) is 42.1 Å². The number of aromatic nitrogens is 5. The Hall–Kier alpha value is -3.03. The van der Waals surface area contributed by atoms with Gasteiger partial charge in [0.1, 0.15) is 23.2 Å². The molecule has 28 heavy (non-hydrogen) atoms. The zero-order valence-corrected chi connectivity index (χ0v) is 16.4. The summed E-state index contributed by atoms with van der Waals surface area (Å²) in [5.41, 5.74) is 1.80. The smallest absolute Gasteiger partial charge is 0.274 e. The van der Waals surface area contributed by atoms with E-state index in [1.54, 1.807) is 17.0 Å². The summed E-state index contributed by atoms with van der Waals surface area (Å²) < 4.78 is 15.3. The van der Waals surface area contributed by atoms with Crippen LogP contribution in [-0.2, 0) is 6.54 Å². The zero-order valence-electron chi connectivity index (χ0n) is 16.4. The molecular formula is C20H23FN6O. The maximum atomic E-state index is 13.2. The van der Waals surface area contributed by atoms with Crippen LogP contribution in [0, 0.1) is 12.7 Å². The number of hydrogen-bond acceptors (Lipinski definition) is 4. The highest BCUT2D eigenvalue weighted by atomic mass is 19.1. The minimum Gasteiger partial charge on any atom is -0.341 e. The summed E-state index contributed by atoms with van der Waals surface area (Å²) in [7, 11) is 0. The molecular weight excluding hydrogens is 359 g/mol. The molecule has 0 unspecified atom stereocenters. The number of carbonyl (C=O) groups is 1. The van der Waals surface area contributed by atoms with E-state index in [-0.39, 0.29) is 23.7 Å². The maximum absolute atomic E-state index is 13.2. The van der Waals surface area contributed by atoms with Crippen molar-refractivity contribution in [3.8, 4) is 11.4 Å². The minimum atomic E-state index is -0.310. The van der Waals surface area contributed by atoms with Gasteiger partial charge in [0.2, 0.25) is 0 Å². The molecule has 1 aliphatic heterocycles. The lowest BCUT2D eigenvalue weighted by Gasteiger charge is -2.32. The van der Waals surface area contributed by atoms with Crippen LogP contribution in [0.15, 0.2) is 24.3 Å². The van der Waals surface area contributed by atoms with Gasteiger partial charge in [0, 0.05) is 23.7 Å². The van der Waals surface area contributed by atoms with E-state index >= 15 is 0 Å². The largest absolute Gasteiger partial charge is 0.341 e. The highest BCUT2D eigenvalue weighted by molar-refractivity contribution is 5.94. The number of carbonyl (C=O) groups excluding carboxylic acids is 1. The van der Waals surface area contributed by atoms with Crippen LogP contribution < -0.4 is 0 Å². The molecule has 7 nitrogen and oxygen atoms in total. The van der Waals surface area contributed by atoms with Gasteiger partial charge >= 0.3 is 0 Å². The monoisotopic (exact) mass is 382 g/mol. The molecule has 0 aliphatic carbocycles. The van der Waals surface area contributed by atoms with Gasteiger partial charge in [-0.05, 0) is 38.1 Å². The minimum absolute atomic E-state index is 0.0934. The molecule has 4 rings (SSSR count). The fourth-order valence-electron chi connectivity index (χ4n) is 3.67. The third kappa shape index (κ3) is 3.08. The summed E-state index contributed by atoms with van der Waals surface area (Å²) in [4.78, 5) is 22.5. The fraction of sp³-hybridized carbons (Fsp3) is 0.400. The van der Waals surface area contributed by atoms with Gasteiger partial charge in [0.05, 0.1) is 12.6 Å². The molecule has 0 bridgehead atoms. The van der Waals surface area contributed by atoms with Gasteiger partial charge in [-0.2, -0.15) is 0 Å². The number of amides is 1. The fourth-order valence-corrected chi connectivity index (χ4v) is 3.67. The maximum Gasteiger partial charge on any atom is 0.274 e. The summed E-state index contributed by atoms with van der Waals surface area (Å²) in [6.45, 7) is 9.04. The van der Waals surface area contributed by atoms with Crippen molar-refractivity contribution in [1.29, 1.82) is 0 Å². The summed E-state index contributed by atoms with van der Waals surface area (Å²) in [5.74, 6) is 2.12. The number of rotatable bonds is 3. The van der Waals surface area contributed by atoms with Crippen LogP contribution in [0.5, 0.6) is 0 Å². The first kappa shape index (κ1) is 18.3. The standard InChI is InChI=1S/C20H23FN6O/c1-11(2)19-25-24-16-10-26(9-12(3)27(16)19)20(28)17-13(4)22-18(23-17)14-5-7-15(21)8-6-14/h5-8,11-12H,9-10H2,1-4H3,(H,22,23)/t12-/m0/s1. The molecule has 1 N–H and O–H groups in total. The predicted octanol–water partition coefficient (Wildman–Crippen LogP) is 3.46. The van der Waals surface area contributed by atoms with Gasteiger partial charge < -0.3 is 14.5 Å². The van der Waals surface area contributed by atoms with Gasteiger partial charge in [-0.1, -0.05) is 13.8 Å². The highest BCUT2D eigenvalue weighted by Gasteiger charge is 2.32. The van der Waals surface area contributed by atoms with Gasteiger partial charge in [0.15, 0.2) is 5.82 Å². The Kier molecular flexibility index (Phi) is 4.49. The lowest BCUT2D eigenvalue weighted by Crippen LogP contribution is -2.41. The molecule has 0 fully saturated rings. The van der Waals surface area contributed by atoms with Crippen molar-refractivity contribution in [3.63, 3.8) is 0 Å². The van der Waals surface area contributed by atoms with E-state index in [1.165, 1.54) is 12.1 Å². The van der Waals surface area contributed by atoms with Crippen LogP contribution in [0.1, 0.15) is 60.6 Å². The molecule has 0 saturated heterocycles. The highest BCUT2D eigenvalue weighted by Crippen LogP contribution is 2.27. The molecule has 3 aromatic rings. The van der Waals surface area contributed by atoms with Gasteiger partial charge in [-0.25, -0.2) is 9.37 Å². The Morgan fingerprint density at radius 2 is 1.96 bits per heavy atom. The summed E-state index contributed by atoms with van der Waals surface area (Å²) >= 11 is 0. The number of nitrogens with zero attached hydrogens (tertiary/aromatic N) is 5. The predicted molar refractivity (Wildman–Crippen MR) is 102 cm³/mol. The molecule has 0 radical (unpaired) electrons. The SMILES string of the molecule is Cc1[nH]c(-c2ccc(F)cc2)nc1C(=O)N1Cc2nnc(C(C)C)n2[C@@H](C)C1. The molecule has 0 spiro atoms. The van der Waals surface area contributed by atoms with E-state index in [2.05, 4.69) is 45.5 Å². The average molecular weight is 382 g/mol. The van der Waals surface area contributed by atoms with E-state index in [9.17, 15) is 9.18 Å². The molecule has 0 saturated carbocycles. The van der Waals surface area contributed by atoms with E-state index in [4.69, 9.17) is 0 Å². The van der Waals surface area contributed by atoms with Crippen LogP contribution >= 0.6 is 0 Å². The van der Waals surface area contributed by atoms with Gasteiger partial charge in [-0.15, -0.1) is 10.2 Å². The number of H-pyrrole nitrogens is 1. The molecule has 1 atom stereocenters. The number of fused-ring (bicyclic) bond motifs is 1. The summed E-state index contributed by atoms with van der Waals surface area (Å²) in [5, 5.41) is 8.60. The van der Waals surface area contributed by atoms with Crippen molar-refractivity contribution in [2.75, 3.05) is 6.54 Å². The Morgan fingerprint density at radius 3 is 2.64 bits per heavy atom. The number of imidazole rings is 1. The molecule has 146 valence electrons. The van der Waals surface area contributed by atoms with Crippen LogP contribution in [0.3, 0.4) is 0 Å². The second-order valence-corrected chi connectivity index (χ2v) is 7.60. The average Bonchev–Trinajstić information content (AvgIpc) is 3.26. The first-order valence-corrected chi connectivity index (χ1v) is 9.40. The molecule has 8 heteroatoms. The first-order chi connectivity index (χ1) is 13.3. The summed E-state index contributed by atoms with van der Waals surface area (Å²) in [6.07, 6.45) is 0. The van der Waals surface area contributed by atoms with Crippen molar-refractivity contribution in [3.05, 3.63) is 53.1 Å². The number of aromatic amines is 1. The van der Waals surface area contributed by atoms with Crippen LogP contribution in [0.25, 0.3) is 11.4 Å². The Bertz CT molecular complexity index is 1020. The van der Waals surface area contributed by atoms with Gasteiger partial charge in [0.25, 0.3) is 5.91 Å². The number of nitrogens with one attached hydrogen (secondary N) is 1. The third-order valence-corrected chi connectivity index (χ3v) is 5.06. The quantitative estimate of drug-likeness (QED) is 0.752. The zero-order chi connectivity index (χ0) is 20.0. The van der Waals surface area contributed by atoms with Gasteiger partial charge in [-0.3, -0.25) is 4.79 Å². The van der Waals surface area contributed by atoms with E-state index in [0.29, 0.717) is 30.3 Å². The number of halogens is 1. The number of benzene rings is 1. The van der Waals surface area contributed by atoms with Crippen molar-refractivity contribution >= 4 is 5.91 Å². The Morgan fingerprint density at radius 1 is 1.25 bits per heavy atom. The van der Waals surface area contributed by atoms with E-state index in [1.807, 2.05) is 6.92 Å². The summed E-state index contributed by atoms with van der Waals surface area (Å²) in [6, 6.07) is 6.12. The van der Waals surface area contributed by atoms with Crippen molar-refractivity contribution in [2.45, 2.75) is 46.2 Å². The Balaban J connectivity index is 1.61. The molecule has 1 aliphatic rings. The van der Waals surface area contributed by atoms with Crippen molar-refractivity contribution in [1.82, 2.24) is 29.6 Å². The molecule has 1 aromatic carbocycles. The molecule has 1 amide bonds. The molecule has 2 aromatic heterocycles. The second-order valence-electron chi connectivity index (χ2n) is 7.60. The van der Waals surface area contributed by atoms with Crippen LogP contribution in [0.2, 0.25) is 0 Å². The number of aryl methyl sites for hydroxylation is 1. The number of hydrogen-bond donors (Lipinski definition) is 1. The molecule has 3 heterocycles. The second kappa shape index (κ2) is 6.85. The normalized spacial score (nSPS) is 16.5. The van der Waals surface area contributed by atoms with E-state index in [0.717, 1.165) is 17.2 Å². The topological polar surface area (TPSA) is 79.7 Å². The lowest BCUT2D eigenvalue weighted by atomic mass is 10.1. The Labute approximate surface area is 162 Å². The van der Waals surface area contributed by atoms with Crippen LogP contribution in [0.4, 0.5) is 4.39 Å². The third-order valence-electron chi connectivity index (χ3n) is 5.06. The van der Waals surface area contributed by atoms with E-state index < -0.39 is 0 Å².